The van der Waals surface area contributed by atoms with Crippen molar-refractivity contribution in [1.82, 2.24) is 0 Å². The summed E-state index contributed by atoms with van der Waals surface area (Å²) in [7, 11) is 0. The molecular formula is C26H25F2NO4. The zero-order chi connectivity index (χ0) is 24.2. The number of carbonyl (C=O) groups is 3. The molecule has 1 amide bonds. The van der Waals surface area contributed by atoms with Crippen LogP contribution in [0.1, 0.15) is 48.7 Å². The minimum Gasteiger partial charge on any atom is -0.429 e. The van der Waals surface area contributed by atoms with E-state index in [2.05, 4.69) is 0 Å². The molecule has 0 N–H and O–H groups in total. The minimum absolute atomic E-state index is 0.0463. The van der Waals surface area contributed by atoms with Gasteiger partial charge in [0.2, 0.25) is 6.41 Å². The predicted octanol–water partition coefficient (Wildman–Crippen LogP) is 5.89. The Morgan fingerprint density at radius 1 is 0.879 bits per heavy atom. The molecule has 7 heteroatoms. The van der Waals surface area contributed by atoms with E-state index in [0.717, 1.165) is 12.0 Å². The molecule has 0 aliphatic rings. The van der Waals surface area contributed by atoms with E-state index in [1.54, 1.807) is 48.2 Å². The number of benzene rings is 3. The number of nitrogens with zero attached hydrogens (tertiary/aromatic N) is 1. The highest BCUT2D eigenvalue weighted by Gasteiger charge is 2.19. The van der Waals surface area contributed by atoms with Crippen molar-refractivity contribution in [2.24, 2.45) is 0 Å². The molecule has 0 saturated heterocycles. The Hall–Kier alpha value is -3.87. The van der Waals surface area contributed by atoms with Crippen LogP contribution in [0, 0.1) is 11.6 Å². The lowest BCUT2D eigenvalue weighted by Gasteiger charge is -2.28. The van der Waals surface area contributed by atoms with Crippen molar-refractivity contribution in [2.45, 2.75) is 32.7 Å². The number of ether oxygens (including phenoxy) is 1. The molecule has 0 aromatic heterocycles. The second-order valence-corrected chi connectivity index (χ2v) is 6.98. The molecule has 0 heterocycles. The molecule has 0 aliphatic carbocycles. The molecule has 0 spiro atoms. The first-order valence-corrected chi connectivity index (χ1v) is 10.4. The second-order valence-electron chi connectivity index (χ2n) is 6.98. The molecule has 3 rings (SSSR count). The first kappa shape index (κ1) is 25.4. The molecule has 1 unspecified atom stereocenters. The number of rotatable bonds is 9. The van der Waals surface area contributed by atoms with Gasteiger partial charge in [-0.05, 0) is 72.6 Å². The third-order valence-corrected chi connectivity index (χ3v) is 4.90. The van der Waals surface area contributed by atoms with Gasteiger partial charge in [-0.3, -0.25) is 14.4 Å². The lowest BCUT2D eigenvalue weighted by Crippen LogP contribution is -2.26. The molecule has 1 atom stereocenters. The molecule has 5 nitrogen and oxygen atoms in total. The van der Waals surface area contributed by atoms with E-state index in [9.17, 15) is 23.2 Å². The highest BCUT2D eigenvalue weighted by molar-refractivity contribution is 5.95. The maximum atomic E-state index is 13.0. The standard InChI is InChI=1S/C17H16FNO3.C9H9FO/c1-2-17(13-3-9-16(10-4-13)22-12-21)19(11-20)15-7-5-14(18)6-8-15;1-2-9(11)7-3-5-8(10)6-4-7/h3-12,17H,2H2,1H3;3-6H,2H2,1H3. The maximum Gasteiger partial charge on any atom is 0.298 e. The fourth-order valence-electron chi connectivity index (χ4n) is 3.18. The van der Waals surface area contributed by atoms with Crippen LogP contribution < -0.4 is 9.64 Å². The topological polar surface area (TPSA) is 63.7 Å². The van der Waals surface area contributed by atoms with Crippen LogP contribution >= 0.6 is 0 Å². The van der Waals surface area contributed by atoms with E-state index in [1.165, 1.54) is 36.4 Å². The van der Waals surface area contributed by atoms with Crippen molar-refractivity contribution in [2.75, 3.05) is 4.90 Å². The van der Waals surface area contributed by atoms with E-state index >= 15 is 0 Å². The summed E-state index contributed by atoms with van der Waals surface area (Å²) in [6, 6.07) is 18.1. The molecule has 3 aromatic carbocycles. The van der Waals surface area contributed by atoms with Crippen molar-refractivity contribution in [1.29, 1.82) is 0 Å². The predicted molar refractivity (Wildman–Crippen MR) is 122 cm³/mol. The van der Waals surface area contributed by atoms with Gasteiger partial charge in [-0.1, -0.05) is 26.0 Å². The molecule has 0 radical (unpaired) electrons. The van der Waals surface area contributed by atoms with Crippen molar-refractivity contribution in [3.05, 3.63) is 95.6 Å². The number of amides is 1. The first-order valence-electron chi connectivity index (χ1n) is 10.4. The minimum atomic E-state index is -0.349. The van der Waals surface area contributed by atoms with Crippen LogP contribution in [0.15, 0.2) is 72.8 Å². The fourth-order valence-corrected chi connectivity index (χ4v) is 3.18. The molecule has 172 valence electrons. The SMILES string of the molecule is CCC(=O)c1ccc(F)cc1.CCC(c1ccc(OC=O)cc1)N(C=O)c1ccc(F)cc1. The summed E-state index contributed by atoms with van der Waals surface area (Å²) in [6.07, 6.45) is 1.88. The molecule has 0 aliphatic heterocycles. The normalized spacial score (nSPS) is 10.9. The van der Waals surface area contributed by atoms with Gasteiger partial charge in [0.1, 0.15) is 17.4 Å². The summed E-state index contributed by atoms with van der Waals surface area (Å²) in [5.41, 5.74) is 2.10. The third-order valence-electron chi connectivity index (χ3n) is 4.90. The van der Waals surface area contributed by atoms with Gasteiger partial charge < -0.3 is 9.64 Å². The monoisotopic (exact) mass is 453 g/mol. The van der Waals surface area contributed by atoms with Gasteiger partial charge in [0.25, 0.3) is 6.47 Å². The van der Waals surface area contributed by atoms with Gasteiger partial charge in [0.15, 0.2) is 5.78 Å². The van der Waals surface area contributed by atoms with Crippen LogP contribution in [0.5, 0.6) is 5.75 Å². The van der Waals surface area contributed by atoms with E-state index in [4.69, 9.17) is 4.74 Å². The van der Waals surface area contributed by atoms with Crippen molar-refractivity contribution in [3.8, 4) is 5.75 Å². The Balaban J connectivity index is 0.000000294. The van der Waals surface area contributed by atoms with Crippen LogP contribution in [0.3, 0.4) is 0 Å². The van der Waals surface area contributed by atoms with Gasteiger partial charge in [0, 0.05) is 17.7 Å². The zero-order valence-corrected chi connectivity index (χ0v) is 18.4. The largest absolute Gasteiger partial charge is 0.429 e. The van der Waals surface area contributed by atoms with Crippen LogP contribution in [0.25, 0.3) is 0 Å². The number of carbonyl (C=O) groups excluding carboxylic acids is 3. The zero-order valence-electron chi connectivity index (χ0n) is 18.4. The van der Waals surface area contributed by atoms with Crippen molar-refractivity contribution in [3.63, 3.8) is 0 Å². The number of anilines is 1. The molecular weight excluding hydrogens is 428 g/mol. The van der Waals surface area contributed by atoms with Crippen LogP contribution in [0.2, 0.25) is 0 Å². The Morgan fingerprint density at radius 3 is 1.88 bits per heavy atom. The van der Waals surface area contributed by atoms with Crippen molar-refractivity contribution >= 4 is 24.4 Å². The van der Waals surface area contributed by atoms with Gasteiger partial charge in [0.05, 0.1) is 6.04 Å². The van der Waals surface area contributed by atoms with Crippen LogP contribution in [-0.2, 0) is 9.59 Å². The smallest absolute Gasteiger partial charge is 0.298 e. The quantitative estimate of drug-likeness (QED) is 0.299. The average molecular weight is 453 g/mol. The summed E-state index contributed by atoms with van der Waals surface area (Å²) < 4.78 is 30.1. The highest BCUT2D eigenvalue weighted by Crippen LogP contribution is 2.29. The molecule has 0 bridgehead atoms. The van der Waals surface area contributed by atoms with E-state index < -0.39 is 0 Å². The van der Waals surface area contributed by atoms with Gasteiger partial charge >= 0.3 is 0 Å². The maximum absolute atomic E-state index is 13.0. The molecule has 0 fully saturated rings. The lowest BCUT2D eigenvalue weighted by atomic mass is 10.0. The average Bonchev–Trinajstić information content (AvgIpc) is 2.84. The molecule has 3 aromatic rings. The Labute approximate surface area is 191 Å². The number of ketones is 1. The number of halogens is 2. The summed E-state index contributed by atoms with van der Waals surface area (Å²) in [5, 5.41) is 0. The number of hydrogen-bond acceptors (Lipinski definition) is 4. The summed E-state index contributed by atoms with van der Waals surface area (Å²) in [4.78, 5) is 34.4. The fraction of sp³-hybridized carbons (Fsp3) is 0.192. The first-order chi connectivity index (χ1) is 15.9. The highest BCUT2D eigenvalue weighted by atomic mass is 19.1. The molecule has 0 saturated carbocycles. The van der Waals surface area contributed by atoms with Crippen LogP contribution in [0.4, 0.5) is 14.5 Å². The summed E-state index contributed by atoms with van der Waals surface area (Å²) >= 11 is 0. The molecule has 33 heavy (non-hydrogen) atoms. The van der Waals surface area contributed by atoms with E-state index in [-0.39, 0.29) is 23.5 Å². The van der Waals surface area contributed by atoms with E-state index in [0.29, 0.717) is 36.3 Å². The second kappa shape index (κ2) is 12.9. The Bertz CT molecular complexity index is 1040. The van der Waals surface area contributed by atoms with Crippen LogP contribution in [-0.4, -0.2) is 18.7 Å². The van der Waals surface area contributed by atoms with Gasteiger partial charge in [-0.2, -0.15) is 0 Å². The van der Waals surface area contributed by atoms with Gasteiger partial charge in [-0.15, -0.1) is 0 Å². The third kappa shape index (κ3) is 7.35. The van der Waals surface area contributed by atoms with Gasteiger partial charge in [-0.25, -0.2) is 8.78 Å². The number of hydrogen-bond donors (Lipinski definition) is 0. The van der Waals surface area contributed by atoms with E-state index in [1.807, 2.05) is 6.92 Å². The van der Waals surface area contributed by atoms with Crippen molar-refractivity contribution < 1.29 is 27.9 Å². The Kier molecular flexibility index (Phi) is 9.89. The lowest BCUT2D eigenvalue weighted by molar-refractivity contribution is -0.120. The number of Topliss-reactive ketones (excluding diaryl/α,β-unsaturated/α-hetero) is 1. The summed E-state index contributed by atoms with van der Waals surface area (Å²) in [5.74, 6) is -0.172. The summed E-state index contributed by atoms with van der Waals surface area (Å²) in [6.45, 7) is 4.11. The Morgan fingerprint density at radius 2 is 1.42 bits per heavy atom.